The second-order valence-electron chi connectivity index (χ2n) is 2.86. The molecule has 1 saturated heterocycles. The fourth-order valence-corrected chi connectivity index (χ4v) is 1.21. The summed E-state index contributed by atoms with van der Waals surface area (Å²) in [5.41, 5.74) is 0. The maximum Gasteiger partial charge on any atom is 0.0835 e. The molecule has 1 rings (SSSR count). The summed E-state index contributed by atoms with van der Waals surface area (Å²) < 4.78 is 15.5. The van der Waals surface area contributed by atoms with E-state index >= 15 is 0 Å². The number of hydrogen-bond acceptors (Lipinski definition) is 4. The summed E-state index contributed by atoms with van der Waals surface area (Å²) >= 11 is 0. The van der Waals surface area contributed by atoms with Gasteiger partial charge in [0, 0.05) is 13.5 Å². The van der Waals surface area contributed by atoms with E-state index in [1.807, 2.05) is 27.7 Å². The van der Waals surface area contributed by atoms with Crippen LogP contribution in [0.25, 0.3) is 0 Å². The normalized spacial score (nSPS) is 21.5. The summed E-state index contributed by atoms with van der Waals surface area (Å²) in [7, 11) is 1.64. The first-order valence-electron chi connectivity index (χ1n) is 6.19. The third-order valence-electron chi connectivity index (χ3n) is 1.89. The standard InChI is InChI=1S/C8H16O4.2C2H6.H2O/c1-10-2-3-11-8-4-7(5-9)12-6-8;2*1-2;/h7-9H,2-6H2,1H3;2*1-2H3;1H2/t7-,8?;;;/m0.../s1. The Morgan fingerprint density at radius 3 is 2.18 bits per heavy atom. The Morgan fingerprint density at radius 1 is 1.18 bits per heavy atom. The topological polar surface area (TPSA) is 79.4 Å². The Hall–Kier alpha value is -0.200. The van der Waals surface area contributed by atoms with Crippen LogP contribution in [0.15, 0.2) is 0 Å². The summed E-state index contributed by atoms with van der Waals surface area (Å²) in [6, 6.07) is 0. The lowest BCUT2D eigenvalue weighted by atomic mass is 10.2. The second kappa shape index (κ2) is 18.2. The molecule has 0 aromatic carbocycles. The predicted octanol–water partition coefficient (Wildman–Crippen LogP) is 1.03. The van der Waals surface area contributed by atoms with E-state index in [2.05, 4.69) is 0 Å². The SMILES string of the molecule is CC.CC.COCCOC1CO[C@H](CO)C1.O. The first kappa shape index (κ1) is 22.0. The van der Waals surface area contributed by atoms with Crippen molar-refractivity contribution in [3.63, 3.8) is 0 Å². The maximum absolute atomic E-state index is 8.75. The Labute approximate surface area is 105 Å². The van der Waals surface area contributed by atoms with Crippen molar-refractivity contribution in [3.8, 4) is 0 Å². The molecule has 0 saturated carbocycles. The summed E-state index contributed by atoms with van der Waals surface area (Å²) in [6.45, 7) is 9.89. The lowest BCUT2D eigenvalue weighted by molar-refractivity contribution is 0.00772. The van der Waals surface area contributed by atoms with E-state index in [0.29, 0.717) is 19.8 Å². The Balaban J connectivity index is -0.000000355. The van der Waals surface area contributed by atoms with Gasteiger partial charge in [0.25, 0.3) is 0 Å². The van der Waals surface area contributed by atoms with Crippen LogP contribution in [0.1, 0.15) is 34.1 Å². The third kappa shape index (κ3) is 12.1. The maximum atomic E-state index is 8.75. The average molecular weight is 254 g/mol. The van der Waals surface area contributed by atoms with Crippen molar-refractivity contribution in [3.05, 3.63) is 0 Å². The molecule has 0 amide bonds. The van der Waals surface area contributed by atoms with Gasteiger partial charge in [0.15, 0.2) is 0 Å². The van der Waals surface area contributed by atoms with Crippen LogP contribution in [-0.2, 0) is 14.2 Å². The highest BCUT2D eigenvalue weighted by molar-refractivity contribution is 4.72. The van der Waals surface area contributed by atoms with Gasteiger partial charge in [-0.2, -0.15) is 0 Å². The number of aliphatic hydroxyl groups excluding tert-OH is 1. The van der Waals surface area contributed by atoms with Crippen LogP contribution in [0.2, 0.25) is 0 Å². The summed E-state index contributed by atoms with van der Waals surface area (Å²) in [6.07, 6.45) is 0.898. The van der Waals surface area contributed by atoms with E-state index in [1.165, 1.54) is 0 Å². The zero-order valence-electron chi connectivity index (χ0n) is 11.9. The zero-order valence-corrected chi connectivity index (χ0v) is 11.9. The van der Waals surface area contributed by atoms with Crippen molar-refractivity contribution in [2.24, 2.45) is 0 Å². The molecule has 2 atom stereocenters. The van der Waals surface area contributed by atoms with Gasteiger partial charge in [0.1, 0.15) is 0 Å². The molecule has 0 bridgehead atoms. The molecule has 5 nitrogen and oxygen atoms in total. The highest BCUT2D eigenvalue weighted by Crippen LogP contribution is 2.15. The number of hydrogen-bond donors (Lipinski definition) is 1. The van der Waals surface area contributed by atoms with E-state index in [9.17, 15) is 0 Å². The minimum absolute atomic E-state index is 0. The molecular weight excluding hydrogens is 224 g/mol. The Bertz CT molecular complexity index is 121. The van der Waals surface area contributed by atoms with Crippen molar-refractivity contribution in [2.45, 2.75) is 46.3 Å². The van der Waals surface area contributed by atoms with E-state index in [1.54, 1.807) is 7.11 Å². The average Bonchev–Trinajstić information content (AvgIpc) is 2.83. The Morgan fingerprint density at radius 2 is 1.76 bits per heavy atom. The van der Waals surface area contributed by atoms with Gasteiger partial charge in [-0.05, 0) is 0 Å². The number of rotatable bonds is 5. The zero-order chi connectivity index (χ0) is 12.8. The fraction of sp³-hybridized carbons (Fsp3) is 1.00. The molecule has 0 aromatic rings. The molecule has 5 heteroatoms. The quantitative estimate of drug-likeness (QED) is 0.743. The monoisotopic (exact) mass is 254 g/mol. The molecule has 0 aliphatic carbocycles. The van der Waals surface area contributed by atoms with E-state index < -0.39 is 0 Å². The molecule has 108 valence electrons. The summed E-state index contributed by atoms with van der Waals surface area (Å²) in [5.74, 6) is 0. The molecule has 1 aliphatic heterocycles. The van der Waals surface area contributed by atoms with Gasteiger partial charge in [0.05, 0.1) is 38.6 Å². The van der Waals surface area contributed by atoms with Gasteiger partial charge < -0.3 is 24.8 Å². The van der Waals surface area contributed by atoms with Gasteiger partial charge in [-0.15, -0.1) is 0 Å². The van der Waals surface area contributed by atoms with Gasteiger partial charge in [-0.1, -0.05) is 27.7 Å². The number of ether oxygens (including phenoxy) is 3. The smallest absolute Gasteiger partial charge is 0.0835 e. The van der Waals surface area contributed by atoms with E-state index in [4.69, 9.17) is 19.3 Å². The Kier molecular flexibility index (Phi) is 23.5. The van der Waals surface area contributed by atoms with Crippen molar-refractivity contribution in [1.82, 2.24) is 0 Å². The molecule has 1 heterocycles. The predicted molar refractivity (Wildman–Crippen MR) is 69.4 cm³/mol. The van der Waals surface area contributed by atoms with Crippen LogP contribution < -0.4 is 0 Å². The highest BCUT2D eigenvalue weighted by Gasteiger charge is 2.24. The molecule has 1 unspecified atom stereocenters. The van der Waals surface area contributed by atoms with Crippen LogP contribution in [0.4, 0.5) is 0 Å². The first-order chi connectivity index (χ1) is 7.86. The van der Waals surface area contributed by atoms with Crippen LogP contribution in [0.5, 0.6) is 0 Å². The van der Waals surface area contributed by atoms with E-state index in [0.717, 1.165) is 6.42 Å². The van der Waals surface area contributed by atoms with Crippen LogP contribution in [0, 0.1) is 0 Å². The third-order valence-corrected chi connectivity index (χ3v) is 1.89. The molecule has 17 heavy (non-hydrogen) atoms. The van der Waals surface area contributed by atoms with Crippen molar-refractivity contribution in [1.29, 1.82) is 0 Å². The minimum atomic E-state index is -0.0301. The molecule has 1 aliphatic rings. The lowest BCUT2D eigenvalue weighted by Crippen LogP contribution is -2.16. The van der Waals surface area contributed by atoms with Crippen molar-refractivity contribution in [2.75, 3.05) is 33.5 Å². The fourth-order valence-electron chi connectivity index (χ4n) is 1.21. The molecule has 0 radical (unpaired) electrons. The number of methoxy groups -OCH3 is 1. The van der Waals surface area contributed by atoms with Crippen molar-refractivity contribution >= 4 is 0 Å². The van der Waals surface area contributed by atoms with Crippen LogP contribution in [0.3, 0.4) is 0 Å². The molecular formula is C12H30O5. The second-order valence-corrected chi connectivity index (χ2v) is 2.86. The largest absolute Gasteiger partial charge is 0.412 e. The highest BCUT2D eigenvalue weighted by atomic mass is 16.6. The van der Waals surface area contributed by atoms with Crippen LogP contribution in [-0.4, -0.2) is 56.3 Å². The van der Waals surface area contributed by atoms with Gasteiger partial charge >= 0.3 is 0 Å². The van der Waals surface area contributed by atoms with Gasteiger partial charge in [-0.3, -0.25) is 0 Å². The molecule has 1 fully saturated rings. The van der Waals surface area contributed by atoms with Crippen LogP contribution >= 0.6 is 0 Å². The molecule has 0 spiro atoms. The summed E-state index contributed by atoms with van der Waals surface area (Å²) in [5, 5.41) is 8.75. The number of aliphatic hydroxyl groups is 1. The first-order valence-corrected chi connectivity index (χ1v) is 6.19. The van der Waals surface area contributed by atoms with Crippen molar-refractivity contribution < 1.29 is 24.8 Å². The molecule has 0 aromatic heterocycles. The van der Waals surface area contributed by atoms with Gasteiger partial charge in [-0.25, -0.2) is 0 Å². The van der Waals surface area contributed by atoms with E-state index in [-0.39, 0.29) is 24.3 Å². The minimum Gasteiger partial charge on any atom is -0.412 e. The molecule has 3 N–H and O–H groups in total. The van der Waals surface area contributed by atoms with Gasteiger partial charge in [0.2, 0.25) is 0 Å². The summed E-state index contributed by atoms with van der Waals surface area (Å²) in [4.78, 5) is 0. The lowest BCUT2D eigenvalue weighted by Gasteiger charge is -2.08.